The third kappa shape index (κ3) is 4.46. The van der Waals surface area contributed by atoms with Crippen molar-refractivity contribution in [2.75, 3.05) is 7.05 Å². The van der Waals surface area contributed by atoms with E-state index in [9.17, 15) is 4.79 Å². The SMILES string of the molecule is Cc1ccccc1-c1nnc(-c2ccc(C(=O)N(C)C(C)c3ccc(-n4cncn4)cc3)cc2)o1. The fraction of sp³-hybridized carbons (Fsp3) is 0.148. The van der Waals surface area contributed by atoms with Gasteiger partial charge in [0.1, 0.15) is 12.7 Å². The van der Waals surface area contributed by atoms with Gasteiger partial charge in [0.25, 0.3) is 5.91 Å². The largest absolute Gasteiger partial charge is 0.416 e. The number of hydrogen-bond acceptors (Lipinski definition) is 6. The van der Waals surface area contributed by atoms with Crippen molar-refractivity contribution >= 4 is 5.91 Å². The van der Waals surface area contributed by atoms with Crippen molar-refractivity contribution in [3.63, 3.8) is 0 Å². The van der Waals surface area contributed by atoms with E-state index in [0.29, 0.717) is 17.3 Å². The summed E-state index contributed by atoms with van der Waals surface area (Å²) >= 11 is 0. The Hall–Kier alpha value is -4.59. The molecule has 8 nitrogen and oxygen atoms in total. The molecule has 0 N–H and O–H groups in total. The molecule has 1 amide bonds. The zero-order valence-corrected chi connectivity index (χ0v) is 19.7. The second-order valence-corrected chi connectivity index (χ2v) is 8.33. The van der Waals surface area contributed by atoms with E-state index < -0.39 is 0 Å². The Bertz CT molecular complexity index is 1440. The second-order valence-electron chi connectivity index (χ2n) is 8.33. The van der Waals surface area contributed by atoms with Crippen molar-refractivity contribution in [1.82, 2.24) is 29.9 Å². The maximum Gasteiger partial charge on any atom is 0.254 e. The van der Waals surface area contributed by atoms with Crippen LogP contribution in [-0.2, 0) is 0 Å². The van der Waals surface area contributed by atoms with Gasteiger partial charge < -0.3 is 9.32 Å². The molecule has 2 heterocycles. The molecule has 0 aliphatic heterocycles. The minimum absolute atomic E-state index is 0.0736. The highest BCUT2D eigenvalue weighted by Gasteiger charge is 2.20. The molecule has 0 aliphatic rings. The van der Waals surface area contributed by atoms with Gasteiger partial charge in [0.15, 0.2) is 0 Å². The summed E-state index contributed by atoms with van der Waals surface area (Å²) in [5.41, 5.74) is 5.25. The summed E-state index contributed by atoms with van der Waals surface area (Å²) in [7, 11) is 1.80. The van der Waals surface area contributed by atoms with E-state index in [-0.39, 0.29) is 11.9 Å². The summed E-state index contributed by atoms with van der Waals surface area (Å²) in [6.45, 7) is 4.00. The van der Waals surface area contributed by atoms with E-state index >= 15 is 0 Å². The van der Waals surface area contributed by atoms with Crippen LogP contribution in [0.1, 0.15) is 34.5 Å². The Balaban J connectivity index is 1.29. The maximum atomic E-state index is 13.1. The first-order valence-electron chi connectivity index (χ1n) is 11.2. The lowest BCUT2D eigenvalue weighted by Gasteiger charge is -2.25. The first-order valence-corrected chi connectivity index (χ1v) is 11.2. The summed E-state index contributed by atoms with van der Waals surface area (Å²) in [5.74, 6) is 0.814. The average molecular weight is 465 g/mol. The Morgan fingerprint density at radius 3 is 2.34 bits per heavy atom. The number of rotatable bonds is 6. The number of benzene rings is 3. The van der Waals surface area contributed by atoms with Crippen molar-refractivity contribution in [3.8, 4) is 28.6 Å². The Morgan fingerprint density at radius 2 is 1.66 bits per heavy atom. The molecule has 0 fully saturated rings. The summed E-state index contributed by atoms with van der Waals surface area (Å²) in [6.07, 6.45) is 3.14. The van der Waals surface area contributed by atoms with Gasteiger partial charge in [0.05, 0.1) is 11.7 Å². The number of nitrogens with zero attached hydrogens (tertiary/aromatic N) is 6. The van der Waals surface area contributed by atoms with Gasteiger partial charge in [-0.15, -0.1) is 10.2 Å². The van der Waals surface area contributed by atoms with Crippen LogP contribution in [0.3, 0.4) is 0 Å². The molecule has 5 aromatic rings. The first kappa shape index (κ1) is 22.2. The van der Waals surface area contributed by atoms with E-state index in [1.54, 1.807) is 35.1 Å². The Kier molecular flexibility index (Phi) is 5.93. The topological polar surface area (TPSA) is 89.9 Å². The van der Waals surface area contributed by atoms with Crippen LogP contribution in [0.4, 0.5) is 0 Å². The van der Waals surface area contributed by atoms with E-state index in [1.165, 1.54) is 6.33 Å². The lowest BCUT2D eigenvalue weighted by molar-refractivity contribution is 0.0742. The molecule has 2 aromatic heterocycles. The predicted molar refractivity (Wildman–Crippen MR) is 132 cm³/mol. The van der Waals surface area contributed by atoms with E-state index in [4.69, 9.17) is 4.42 Å². The lowest BCUT2D eigenvalue weighted by atomic mass is 10.0. The molecule has 0 bridgehead atoms. The van der Waals surface area contributed by atoms with E-state index in [0.717, 1.165) is 27.9 Å². The lowest BCUT2D eigenvalue weighted by Crippen LogP contribution is -2.29. The molecule has 0 saturated carbocycles. The van der Waals surface area contributed by atoms with Crippen molar-refractivity contribution < 1.29 is 9.21 Å². The quantitative estimate of drug-likeness (QED) is 0.346. The van der Waals surface area contributed by atoms with Gasteiger partial charge in [0.2, 0.25) is 11.8 Å². The minimum Gasteiger partial charge on any atom is -0.416 e. The molecule has 0 saturated heterocycles. The highest BCUT2D eigenvalue weighted by molar-refractivity contribution is 5.94. The number of carbonyl (C=O) groups excluding carboxylic acids is 1. The average Bonchev–Trinajstić information content (AvgIpc) is 3.61. The smallest absolute Gasteiger partial charge is 0.254 e. The highest BCUT2D eigenvalue weighted by atomic mass is 16.4. The second kappa shape index (κ2) is 9.34. The van der Waals surface area contributed by atoms with E-state index in [2.05, 4.69) is 20.3 Å². The third-order valence-electron chi connectivity index (χ3n) is 6.14. The Morgan fingerprint density at radius 1 is 0.943 bits per heavy atom. The van der Waals surface area contributed by atoms with Crippen LogP contribution < -0.4 is 0 Å². The standard InChI is InChI=1S/C27H24N6O2/c1-18-6-4-5-7-24(18)26-31-30-25(35-26)21-8-10-22(11-9-21)27(34)32(3)19(2)20-12-14-23(15-13-20)33-17-28-16-29-33/h4-17,19H,1-3H3. The van der Waals surface area contributed by atoms with Gasteiger partial charge in [-0.3, -0.25) is 4.79 Å². The van der Waals surface area contributed by atoms with Crippen LogP contribution in [0.15, 0.2) is 89.9 Å². The van der Waals surface area contributed by atoms with Gasteiger partial charge in [-0.25, -0.2) is 9.67 Å². The first-order chi connectivity index (χ1) is 17.0. The molecule has 5 rings (SSSR count). The van der Waals surface area contributed by atoms with Crippen LogP contribution in [0.25, 0.3) is 28.6 Å². The number of amides is 1. The number of aromatic nitrogens is 5. The molecule has 0 spiro atoms. The predicted octanol–water partition coefficient (Wildman–Crippen LogP) is 5.13. The summed E-state index contributed by atoms with van der Waals surface area (Å²) < 4.78 is 7.58. The zero-order valence-electron chi connectivity index (χ0n) is 19.7. The van der Waals surface area contributed by atoms with Gasteiger partial charge in [-0.2, -0.15) is 5.10 Å². The molecule has 1 unspecified atom stereocenters. The maximum absolute atomic E-state index is 13.1. The molecule has 0 aliphatic carbocycles. The summed E-state index contributed by atoms with van der Waals surface area (Å²) in [4.78, 5) is 18.8. The van der Waals surface area contributed by atoms with Crippen molar-refractivity contribution in [2.45, 2.75) is 19.9 Å². The normalized spacial score (nSPS) is 11.9. The molecule has 0 radical (unpaired) electrons. The van der Waals surface area contributed by atoms with Crippen molar-refractivity contribution in [1.29, 1.82) is 0 Å². The fourth-order valence-electron chi connectivity index (χ4n) is 3.87. The van der Waals surface area contributed by atoms with Gasteiger partial charge >= 0.3 is 0 Å². The molecular formula is C27H24N6O2. The minimum atomic E-state index is -0.111. The monoisotopic (exact) mass is 464 g/mol. The fourth-order valence-corrected chi connectivity index (χ4v) is 3.87. The molecule has 35 heavy (non-hydrogen) atoms. The summed E-state index contributed by atoms with van der Waals surface area (Å²) in [6, 6.07) is 22.9. The molecule has 8 heteroatoms. The number of aryl methyl sites for hydroxylation is 1. The third-order valence-corrected chi connectivity index (χ3v) is 6.14. The van der Waals surface area contributed by atoms with Crippen LogP contribution in [0.2, 0.25) is 0 Å². The van der Waals surface area contributed by atoms with Crippen LogP contribution in [0.5, 0.6) is 0 Å². The van der Waals surface area contributed by atoms with Gasteiger partial charge in [0, 0.05) is 23.7 Å². The zero-order chi connectivity index (χ0) is 24.4. The Labute approximate surface area is 202 Å². The molecular weight excluding hydrogens is 440 g/mol. The molecule has 1 atom stereocenters. The van der Waals surface area contributed by atoms with Crippen LogP contribution in [0, 0.1) is 6.92 Å². The van der Waals surface area contributed by atoms with Crippen molar-refractivity contribution in [2.24, 2.45) is 0 Å². The summed E-state index contributed by atoms with van der Waals surface area (Å²) in [5, 5.41) is 12.5. The molecule has 3 aromatic carbocycles. The highest BCUT2D eigenvalue weighted by Crippen LogP contribution is 2.27. The van der Waals surface area contributed by atoms with Crippen LogP contribution in [-0.4, -0.2) is 42.8 Å². The van der Waals surface area contributed by atoms with Crippen LogP contribution >= 0.6 is 0 Å². The van der Waals surface area contributed by atoms with Crippen molar-refractivity contribution in [3.05, 3.63) is 102 Å². The number of carbonyl (C=O) groups is 1. The van der Waals surface area contributed by atoms with E-state index in [1.807, 2.05) is 74.5 Å². The van der Waals surface area contributed by atoms with Gasteiger partial charge in [-0.05, 0) is 67.4 Å². The van der Waals surface area contributed by atoms with Gasteiger partial charge in [-0.1, -0.05) is 30.3 Å². The molecule has 174 valence electrons. The number of hydrogen-bond donors (Lipinski definition) is 0.